The molecule has 1 N–H and O–H groups in total. The molecule has 21 heavy (non-hydrogen) atoms. The number of likely N-dealkylation sites (N-methyl/N-ethyl adjacent to an activating group) is 1. The number of carbonyl (C=O) groups excluding carboxylic acids is 2. The highest BCUT2D eigenvalue weighted by Crippen LogP contribution is 2.26. The van der Waals surface area contributed by atoms with E-state index in [0.29, 0.717) is 22.3 Å². The molecule has 2 amide bonds. The minimum Gasteiger partial charge on any atom is -0.489 e. The minimum absolute atomic E-state index is 0.0225. The summed E-state index contributed by atoms with van der Waals surface area (Å²) >= 11 is 11.7. The van der Waals surface area contributed by atoms with Crippen LogP contribution in [0, 0.1) is 0 Å². The number of nitrogens with zero attached hydrogens (tertiary/aromatic N) is 1. The molecule has 1 atom stereocenters. The molecule has 0 saturated heterocycles. The Hall–Kier alpha value is -1.46. The van der Waals surface area contributed by atoms with Crippen molar-refractivity contribution in [3.63, 3.8) is 0 Å². The van der Waals surface area contributed by atoms with E-state index < -0.39 is 0 Å². The van der Waals surface area contributed by atoms with Crippen LogP contribution in [-0.4, -0.2) is 43.0 Å². The van der Waals surface area contributed by atoms with E-state index in [1.165, 1.54) is 11.8 Å². The van der Waals surface area contributed by atoms with Gasteiger partial charge in [0, 0.05) is 20.0 Å². The summed E-state index contributed by atoms with van der Waals surface area (Å²) in [5.74, 6) is 0.159. The smallest absolute Gasteiger partial charge is 0.241 e. The Bertz CT molecular complexity index is 523. The van der Waals surface area contributed by atoms with Crippen LogP contribution in [0.1, 0.15) is 13.8 Å². The molecule has 0 saturated carbocycles. The van der Waals surface area contributed by atoms with Gasteiger partial charge in [-0.25, -0.2) is 0 Å². The fraction of sp³-hybridized carbons (Fsp3) is 0.429. The lowest BCUT2D eigenvalue weighted by Crippen LogP contribution is -2.41. The molecule has 1 aromatic carbocycles. The zero-order valence-electron chi connectivity index (χ0n) is 12.2. The fourth-order valence-electron chi connectivity index (χ4n) is 1.64. The third kappa shape index (κ3) is 6.23. The van der Waals surface area contributed by atoms with Gasteiger partial charge < -0.3 is 15.0 Å². The van der Waals surface area contributed by atoms with E-state index in [4.69, 9.17) is 27.9 Å². The number of halogens is 2. The van der Waals surface area contributed by atoms with Crippen LogP contribution in [0.25, 0.3) is 0 Å². The number of ether oxygens (including phenoxy) is 1. The first-order chi connectivity index (χ1) is 9.79. The van der Waals surface area contributed by atoms with Crippen molar-refractivity contribution in [1.29, 1.82) is 0 Å². The maximum atomic E-state index is 11.8. The van der Waals surface area contributed by atoms with Crippen molar-refractivity contribution in [1.82, 2.24) is 10.2 Å². The molecular formula is C14H18Cl2N2O3. The standard InChI is InChI=1S/C14H18Cl2N2O3/c1-9(8-18(3)14(20)7-17-10(2)19)21-11-4-5-12(15)13(16)6-11/h4-6,9H,7-8H2,1-3H3,(H,17,19). The number of carbonyl (C=O) groups is 2. The summed E-state index contributed by atoms with van der Waals surface area (Å²) < 4.78 is 5.67. The third-order valence-electron chi connectivity index (χ3n) is 2.67. The monoisotopic (exact) mass is 332 g/mol. The van der Waals surface area contributed by atoms with E-state index in [2.05, 4.69) is 5.32 Å². The Morgan fingerprint density at radius 3 is 2.57 bits per heavy atom. The van der Waals surface area contributed by atoms with Gasteiger partial charge in [-0.2, -0.15) is 0 Å². The van der Waals surface area contributed by atoms with Gasteiger partial charge in [0.15, 0.2) is 0 Å². The number of rotatable bonds is 6. The van der Waals surface area contributed by atoms with Crippen molar-refractivity contribution in [2.75, 3.05) is 20.1 Å². The van der Waals surface area contributed by atoms with Gasteiger partial charge in [0.05, 0.1) is 23.1 Å². The molecule has 0 radical (unpaired) electrons. The summed E-state index contributed by atoms with van der Waals surface area (Å²) in [6.07, 6.45) is -0.228. The molecular weight excluding hydrogens is 315 g/mol. The molecule has 116 valence electrons. The van der Waals surface area contributed by atoms with E-state index >= 15 is 0 Å². The quantitative estimate of drug-likeness (QED) is 0.869. The number of amides is 2. The zero-order valence-corrected chi connectivity index (χ0v) is 13.7. The van der Waals surface area contributed by atoms with Crippen molar-refractivity contribution in [3.05, 3.63) is 28.2 Å². The van der Waals surface area contributed by atoms with Gasteiger partial charge in [-0.15, -0.1) is 0 Å². The molecule has 0 aliphatic heterocycles. The van der Waals surface area contributed by atoms with Crippen LogP contribution in [0.5, 0.6) is 5.75 Å². The fourth-order valence-corrected chi connectivity index (χ4v) is 1.93. The predicted octanol–water partition coefficient (Wildman–Crippen LogP) is 2.36. The Morgan fingerprint density at radius 2 is 2.00 bits per heavy atom. The highest BCUT2D eigenvalue weighted by molar-refractivity contribution is 6.42. The molecule has 0 heterocycles. The molecule has 1 rings (SSSR count). The molecule has 0 bridgehead atoms. The molecule has 7 heteroatoms. The molecule has 1 aromatic rings. The molecule has 0 aliphatic rings. The molecule has 0 aliphatic carbocycles. The van der Waals surface area contributed by atoms with Crippen LogP contribution < -0.4 is 10.1 Å². The van der Waals surface area contributed by atoms with E-state index in [1.54, 1.807) is 25.2 Å². The largest absolute Gasteiger partial charge is 0.489 e. The highest BCUT2D eigenvalue weighted by Gasteiger charge is 2.14. The first kappa shape index (κ1) is 17.6. The number of hydrogen-bond donors (Lipinski definition) is 1. The third-order valence-corrected chi connectivity index (χ3v) is 3.41. The van der Waals surface area contributed by atoms with Crippen LogP contribution in [0.15, 0.2) is 18.2 Å². The summed E-state index contributed by atoms with van der Waals surface area (Å²) in [6.45, 7) is 3.57. The van der Waals surface area contributed by atoms with Crippen LogP contribution in [0.4, 0.5) is 0 Å². The number of nitrogens with one attached hydrogen (secondary N) is 1. The SMILES string of the molecule is CC(=O)NCC(=O)N(C)CC(C)Oc1ccc(Cl)c(Cl)c1. The average molecular weight is 333 g/mol. The topological polar surface area (TPSA) is 58.6 Å². The first-order valence-corrected chi connectivity index (χ1v) is 7.15. The van der Waals surface area contributed by atoms with Crippen molar-refractivity contribution in [2.24, 2.45) is 0 Å². The zero-order chi connectivity index (χ0) is 16.0. The second kappa shape index (κ2) is 8.10. The predicted molar refractivity (Wildman–Crippen MR) is 82.9 cm³/mol. The van der Waals surface area contributed by atoms with E-state index in [0.717, 1.165) is 0 Å². The Kier molecular flexibility index (Phi) is 6.78. The van der Waals surface area contributed by atoms with Gasteiger partial charge in [0.25, 0.3) is 0 Å². The van der Waals surface area contributed by atoms with Gasteiger partial charge in [0.1, 0.15) is 11.9 Å². The van der Waals surface area contributed by atoms with Crippen molar-refractivity contribution >= 4 is 35.0 Å². The first-order valence-electron chi connectivity index (χ1n) is 6.39. The molecule has 0 spiro atoms. The maximum absolute atomic E-state index is 11.8. The van der Waals surface area contributed by atoms with Crippen LogP contribution in [0.3, 0.4) is 0 Å². The Labute approximate surface area is 134 Å². The van der Waals surface area contributed by atoms with Crippen LogP contribution in [-0.2, 0) is 9.59 Å². The molecule has 0 fully saturated rings. The average Bonchev–Trinajstić information content (AvgIpc) is 2.40. The summed E-state index contributed by atoms with van der Waals surface area (Å²) in [7, 11) is 1.65. The molecule has 1 unspecified atom stereocenters. The van der Waals surface area contributed by atoms with Crippen LogP contribution in [0.2, 0.25) is 10.0 Å². The lowest BCUT2D eigenvalue weighted by molar-refractivity contribution is -0.132. The highest BCUT2D eigenvalue weighted by atomic mass is 35.5. The number of benzene rings is 1. The lowest BCUT2D eigenvalue weighted by Gasteiger charge is -2.22. The normalized spacial score (nSPS) is 11.7. The second-order valence-electron chi connectivity index (χ2n) is 4.69. The summed E-state index contributed by atoms with van der Waals surface area (Å²) in [5.41, 5.74) is 0. The Morgan fingerprint density at radius 1 is 1.33 bits per heavy atom. The summed E-state index contributed by atoms with van der Waals surface area (Å²) in [5, 5.41) is 3.33. The van der Waals surface area contributed by atoms with Crippen LogP contribution >= 0.6 is 23.2 Å². The van der Waals surface area contributed by atoms with Gasteiger partial charge >= 0.3 is 0 Å². The van der Waals surface area contributed by atoms with E-state index in [-0.39, 0.29) is 24.5 Å². The lowest BCUT2D eigenvalue weighted by atomic mass is 10.3. The molecule has 5 nitrogen and oxygen atoms in total. The van der Waals surface area contributed by atoms with Crippen molar-refractivity contribution < 1.29 is 14.3 Å². The van der Waals surface area contributed by atoms with E-state index in [1.807, 2.05) is 6.92 Å². The Balaban J connectivity index is 2.48. The van der Waals surface area contributed by atoms with Gasteiger partial charge in [-0.05, 0) is 19.1 Å². The van der Waals surface area contributed by atoms with Crippen molar-refractivity contribution in [3.8, 4) is 5.75 Å². The minimum atomic E-state index is -0.239. The van der Waals surface area contributed by atoms with Gasteiger partial charge in [-0.3, -0.25) is 9.59 Å². The summed E-state index contributed by atoms with van der Waals surface area (Å²) in [4.78, 5) is 24.0. The van der Waals surface area contributed by atoms with Gasteiger partial charge in [0.2, 0.25) is 11.8 Å². The van der Waals surface area contributed by atoms with E-state index in [9.17, 15) is 9.59 Å². The summed E-state index contributed by atoms with van der Waals surface area (Å²) in [6, 6.07) is 4.99. The second-order valence-corrected chi connectivity index (χ2v) is 5.50. The van der Waals surface area contributed by atoms with Gasteiger partial charge in [-0.1, -0.05) is 23.2 Å². The number of hydrogen-bond acceptors (Lipinski definition) is 3. The molecule has 0 aromatic heterocycles. The maximum Gasteiger partial charge on any atom is 0.241 e. The van der Waals surface area contributed by atoms with Crippen molar-refractivity contribution in [2.45, 2.75) is 20.0 Å².